The molecule has 1 heterocycles. The number of allylic oxidation sites excluding steroid dienone is 12. The number of aliphatic hydroxyl groups is 4. The maximum Gasteiger partial charge on any atom is 0.306 e. The topological polar surface area (TPSA) is 152 Å². The Morgan fingerprint density at radius 2 is 1.15 bits per heavy atom. The molecule has 10 nitrogen and oxygen atoms in total. The Kier molecular flexibility index (Phi) is 32.4. The Balaban J connectivity index is 2.40. The van der Waals surface area contributed by atoms with Crippen LogP contribution in [-0.4, -0.2) is 89.0 Å². The van der Waals surface area contributed by atoms with Crippen molar-refractivity contribution in [1.29, 1.82) is 0 Å². The van der Waals surface area contributed by atoms with Crippen LogP contribution in [0.5, 0.6) is 0 Å². The van der Waals surface area contributed by atoms with Gasteiger partial charge in [0.15, 0.2) is 12.4 Å². The fourth-order valence-corrected chi connectivity index (χ4v) is 5.81. The predicted octanol–water partition coefficient (Wildman–Crippen LogP) is 8.44. The number of ether oxygens (including phenoxy) is 4. The molecule has 0 spiro atoms. The molecule has 10 heteroatoms. The third-order valence-corrected chi connectivity index (χ3v) is 9.17. The van der Waals surface area contributed by atoms with Gasteiger partial charge in [-0.3, -0.25) is 9.59 Å². The molecule has 55 heavy (non-hydrogen) atoms. The monoisotopic (exact) mass is 775 g/mol. The Bertz CT molecular complexity index is 1120. The summed E-state index contributed by atoms with van der Waals surface area (Å²) in [7, 11) is 0. The van der Waals surface area contributed by atoms with E-state index in [0.717, 1.165) is 77.0 Å². The molecule has 0 aliphatic carbocycles. The highest BCUT2D eigenvalue weighted by atomic mass is 16.7. The summed E-state index contributed by atoms with van der Waals surface area (Å²) < 4.78 is 22.1. The zero-order chi connectivity index (χ0) is 40.2. The SMILES string of the molecule is CC/C=C/C=C/C=C/C=C/CCCCCCCC(=O)O[C@@H](COC(=O)CCCCCCC/C=C/C/C=C/CCCCC)CO[C@H]1O[C@@H](CO)[C@@H](O)C(O)C1O. The highest BCUT2D eigenvalue weighted by molar-refractivity contribution is 5.70. The van der Waals surface area contributed by atoms with Crippen molar-refractivity contribution >= 4 is 11.9 Å². The van der Waals surface area contributed by atoms with Crippen LogP contribution in [0.15, 0.2) is 72.9 Å². The number of unbranched alkanes of at least 4 members (excludes halogenated alkanes) is 13. The van der Waals surface area contributed by atoms with Gasteiger partial charge in [0, 0.05) is 12.8 Å². The Labute approximate surface area is 332 Å². The van der Waals surface area contributed by atoms with E-state index in [1.54, 1.807) is 0 Å². The molecule has 1 aliphatic heterocycles. The molecule has 1 rings (SSSR count). The van der Waals surface area contributed by atoms with Crippen molar-refractivity contribution < 1.29 is 49.0 Å². The number of aliphatic hydroxyl groups excluding tert-OH is 4. The van der Waals surface area contributed by atoms with Crippen molar-refractivity contribution in [2.45, 2.75) is 179 Å². The van der Waals surface area contributed by atoms with Crippen LogP contribution < -0.4 is 0 Å². The van der Waals surface area contributed by atoms with Crippen LogP contribution in [0.1, 0.15) is 142 Å². The summed E-state index contributed by atoms with van der Waals surface area (Å²) in [5.74, 6) is -0.858. The number of carbonyl (C=O) groups excluding carboxylic acids is 2. The summed E-state index contributed by atoms with van der Waals surface area (Å²) in [5, 5.41) is 40.0. The number of hydrogen-bond donors (Lipinski definition) is 4. The fraction of sp³-hybridized carbons (Fsp3) is 0.689. The van der Waals surface area contributed by atoms with E-state index in [0.29, 0.717) is 12.8 Å². The molecule has 1 saturated heterocycles. The molecular formula is C45H74O10. The molecule has 0 saturated carbocycles. The molecule has 6 atom stereocenters. The average molecular weight is 775 g/mol. The minimum Gasteiger partial charge on any atom is -0.462 e. The van der Waals surface area contributed by atoms with E-state index < -0.39 is 55.4 Å². The third kappa shape index (κ3) is 27.4. The minimum atomic E-state index is -1.60. The zero-order valence-corrected chi connectivity index (χ0v) is 33.9. The van der Waals surface area contributed by atoms with E-state index in [1.165, 1.54) is 25.7 Å². The molecule has 1 aliphatic rings. The van der Waals surface area contributed by atoms with Crippen LogP contribution in [0.2, 0.25) is 0 Å². The first-order valence-electron chi connectivity index (χ1n) is 21.1. The minimum absolute atomic E-state index is 0.197. The summed E-state index contributed by atoms with van der Waals surface area (Å²) in [6, 6.07) is 0. The second kappa shape index (κ2) is 35.5. The lowest BCUT2D eigenvalue weighted by Crippen LogP contribution is -2.59. The fourth-order valence-electron chi connectivity index (χ4n) is 5.81. The molecule has 0 aromatic heterocycles. The maximum absolute atomic E-state index is 12.7. The lowest BCUT2D eigenvalue weighted by atomic mass is 9.99. The van der Waals surface area contributed by atoms with Crippen molar-refractivity contribution in [2.75, 3.05) is 19.8 Å². The summed E-state index contributed by atoms with van der Waals surface area (Å²) in [5.41, 5.74) is 0. The van der Waals surface area contributed by atoms with Gasteiger partial charge in [0.1, 0.15) is 31.0 Å². The lowest BCUT2D eigenvalue weighted by Gasteiger charge is -2.39. The lowest BCUT2D eigenvalue weighted by molar-refractivity contribution is -0.305. The molecule has 0 radical (unpaired) electrons. The van der Waals surface area contributed by atoms with Crippen molar-refractivity contribution in [2.24, 2.45) is 0 Å². The maximum atomic E-state index is 12.7. The first kappa shape index (κ1) is 50.2. The Morgan fingerprint density at radius 3 is 1.76 bits per heavy atom. The Hall–Kier alpha value is -2.86. The van der Waals surface area contributed by atoms with Crippen LogP contribution in [0, 0.1) is 0 Å². The van der Waals surface area contributed by atoms with Crippen LogP contribution >= 0.6 is 0 Å². The zero-order valence-electron chi connectivity index (χ0n) is 33.9. The van der Waals surface area contributed by atoms with E-state index >= 15 is 0 Å². The van der Waals surface area contributed by atoms with Gasteiger partial charge in [-0.1, -0.05) is 138 Å². The van der Waals surface area contributed by atoms with Gasteiger partial charge in [-0.25, -0.2) is 0 Å². The largest absolute Gasteiger partial charge is 0.462 e. The summed E-state index contributed by atoms with van der Waals surface area (Å²) in [4.78, 5) is 25.3. The molecule has 2 unspecified atom stereocenters. The van der Waals surface area contributed by atoms with Gasteiger partial charge in [-0.15, -0.1) is 0 Å². The van der Waals surface area contributed by atoms with Gasteiger partial charge in [-0.2, -0.15) is 0 Å². The average Bonchev–Trinajstić information content (AvgIpc) is 3.18. The van der Waals surface area contributed by atoms with Crippen LogP contribution in [0.25, 0.3) is 0 Å². The molecular weight excluding hydrogens is 700 g/mol. The highest BCUT2D eigenvalue weighted by Crippen LogP contribution is 2.22. The molecule has 314 valence electrons. The highest BCUT2D eigenvalue weighted by Gasteiger charge is 2.44. The van der Waals surface area contributed by atoms with E-state index in [4.69, 9.17) is 18.9 Å². The molecule has 0 aromatic rings. The van der Waals surface area contributed by atoms with Crippen LogP contribution in [0.4, 0.5) is 0 Å². The van der Waals surface area contributed by atoms with Crippen molar-refractivity contribution in [1.82, 2.24) is 0 Å². The standard InChI is InChI=1S/C45H74O10/c1-3-5-7-9-11-13-15-17-19-21-23-25-27-29-31-33-40(47)52-36-38(37-53-45-44(51)43(50)42(49)39(35-46)55-45)54-41(48)34-32-30-28-26-24-22-20-18-16-14-12-10-8-6-4-2/h6,8,10-14,16-20,38-39,42-46,49-51H,3-5,7,9,15,21-37H2,1-2H3/b8-6+,12-10+,13-11+,16-14+,19-17+,20-18+/t38-,39-,42+,43?,44?,45-/m0/s1. The van der Waals surface area contributed by atoms with Crippen LogP contribution in [-0.2, 0) is 28.5 Å². The molecule has 0 amide bonds. The van der Waals surface area contributed by atoms with Crippen molar-refractivity contribution in [3.63, 3.8) is 0 Å². The predicted molar refractivity (Wildman–Crippen MR) is 219 cm³/mol. The number of esters is 2. The second-order valence-corrected chi connectivity index (χ2v) is 14.1. The van der Waals surface area contributed by atoms with E-state index in [1.807, 2.05) is 30.4 Å². The van der Waals surface area contributed by atoms with Crippen molar-refractivity contribution in [3.05, 3.63) is 72.9 Å². The van der Waals surface area contributed by atoms with Crippen LogP contribution in [0.3, 0.4) is 0 Å². The Morgan fingerprint density at radius 1 is 0.600 bits per heavy atom. The van der Waals surface area contributed by atoms with Gasteiger partial charge in [0.2, 0.25) is 0 Å². The summed E-state index contributed by atoms with van der Waals surface area (Å²) in [6.07, 6.45) is 36.2. The van der Waals surface area contributed by atoms with E-state index in [2.05, 4.69) is 56.4 Å². The number of rotatable bonds is 33. The van der Waals surface area contributed by atoms with Gasteiger partial charge >= 0.3 is 11.9 Å². The summed E-state index contributed by atoms with van der Waals surface area (Å²) >= 11 is 0. The number of hydrogen-bond acceptors (Lipinski definition) is 10. The van der Waals surface area contributed by atoms with Gasteiger partial charge in [-0.05, 0) is 64.2 Å². The van der Waals surface area contributed by atoms with Gasteiger partial charge in [0.25, 0.3) is 0 Å². The normalized spacial score (nSPS) is 21.3. The molecule has 0 bridgehead atoms. The second-order valence-electron chi connectivity index (χ2n) is 14.1. The quantitative estimate of drug-likeness (QED) is 0.0221. The molecule has 1 fully saturated rings. The molecule has 4 N–H and O–H groups in total. The number of carbonyl (C=O) groups is 2. The first-order chi connectivity index (χ1) is 26.8. The van der Waals surface area contributed by atoms with Crippen molar-refractivity contribution in [3.8, 4) is 0 Å². The van der Waals surface area contributed by atoms with Gasteiger partial charge in [0.05, 0.1) is 13.2 Å². The van der Waals surface area contributed by atoms with Gasteiger partial charge < -0.3 is 39.4 Å². The smallest absolute Gasteiger partial charge is 0.306 e. The molecule has 0 aromatic carbocycles. The van der Waals surface area contributed by atoms with E-state index in [-0.39, 0.29) is 26.1 Å². The third-order valence-electron chi connectivity index (χ3n) is 9.17. The van der Waals surface area contributed by atoms with E-state index in [9.17, 15) is 30.0 Å². The first-order valence-corrected chi connectivity index (χ1v) is 21.1. The summed E-state index contributed by atoms with van der Waals surface area (Å²) in [6.45, 7) is 3.19.